The molecule has 2 fully saturated rings. The Hall–Kier alpha value is -1.71. The van der Waals surface area contributed by atoms with Crippen molar-refractivity contribution in [1.29, 1.82) is 0 Å². The van der Waals surface area contributed by atoms with Crippen LogP contribution in [0.2, 0.25) is 0 Å². The first-order valence-electron chi connectivity index (χ1n) is 7.76. The van der Waals surface area contributed by atoms with E-state index in [4.69, 9.17) is 15.2 Å². The van der Waals surface area contributed by atoms with Gasteiger partial charge in [0.25, 0.3) is 0 Å². The predicted molar refractivity (Wildman–Crippen MR) is 80.4 cm³/mol. The number of aliphatic hydroxyl groups is 6. The van der Waals surface area contributed by atoms with Gasteiger partial charge in [0, 0.05) is 0 Å². The summed E-state index contributed by atoms with van der Waals surface area (Å²) in [6, 6.07) is 0. The summed E-state index contributed by atoms with van der Waals surface area (Å²) in [6.45, 7) is -1.39. The highest BCUT2D eigenvalue weighted by Gasteiger charge is 2.66. The number of aliphatic hydroxyl groups excluding tert-OH is 6. The minimum Gasteiger partial charge on any atom is -0.394 e. The van der Waals surface area contributed by atoms with Crippen LogP contribution in [-0.2, 0) is 15.2 Å². The largest absolute Gasteiger partial charge is 0.394 e. The Bertz CT molecular complexity index is 717. The smallest absolute Gasteiger partial charge is 0.354 e. The predicted octanol–water partition coefficient (Wildman–Crippen LogP) is -5.53. The van der Waals surface area contributed by atoms with Crippen LogP contribution >= 0.6 is 0 Å². The molecule has 13 heteroatoms. The molecule has 2 aliphatic rings. The van der Waals surface area contributed by atoms with Crippen LogP contribution < -0.4 is 11.4 Å². The minimum absolute atomic E-state index is 0.366. The molecule has 0 spiro atoms. The van der Waals surface area contributed by atoms with Gasteiger partial charge in [-0.3, -0.25) is 0 Å². The maximum atomic E-state index is 12.3. The Kier molecular flexibility index (Phi) is 4.98. The van der Waals surface area contributed by atoms with E-state index in [1.54, 1.807) is 0 Å². The molecule has 146 valence electrons. The fraction of sp³-hybridized carbons (Fsp3) is 0.769. The average molecular weight is 376 g/mol. The van der Waals surface area contributed by atoms with Gasteiger partial charge < -0.3 is 45.8 Å². The molecular formula is C13H20N4O9. The number of ether oxygens (including phenoxy) is 2. The van der Waals surface area contributed by atoms with Crippen molar-refractivity contribution >= 4 is 5.95 Å². The summed E-state index contributed by atoms with van der Waals surface area (Å²) in [6.07, 6.45) is -10.1. The molecule has 8 atom stereocenters. The number of aromatic nitrogens is 3. The van der Waals surface area contributed by atoms with Gasteiger partial charge in [-0.15, -0.1) is 0 Å². The molecule has 26 heavy (non-hydrogen) atoms. The fourth-order valence-corrected chi connectivity index (χ4v) is 3.38. The van der Waals surface area contributed by atoms with Crippen LogP contribution in [0.15, 0.2) is 11.1 Å². The van der Waals surface area contributed by atoms with Crippen LogP contribution in [0, 0.1) is 0 Å². The number of nitrogens with zero attached hydrogens (tertiary/aromatic N) is 3. The molecule has 3 heterocycles. The zero-order valence-electron chi connectivity index (χ0n) is 13.4. The molecule has 0 bridgehead atoms. The lowest BCUT2D eigenvalue weighted by Crippen LogP contribution is -2.61. The number of nitrogens with two attached hydrogens (primary N) is 1. The van der Waals surface area contributed by atoms with Crippen molar-refractivity contribution in [2.75, 3.05) is 18.9 Å². The topological polar surface area (TPSA) is 214 Å². The molecule has 1 aromatic rings. The molecule has 13 nitrogen and oxygen atoms in total. The Labute approximate surface area is 145 Å². The van der Waals surface area contributed by atoms with E-state index in [-0.39, 0.29) is 5.95 Å². The number of hydrogen-bond donors (Lipinski definition) is 7. The number of anilines is 1. The van der Waals surface area contributed by atoms with Gasteiger partial charge in [-0.2, -0.15) is 4.98 Å². The van der Waals surface area contributed by atoms with Gasteiger partial charge in [0.2, 0.25) is 11.7 Å². The van der Waals surface area contributed by atoms with Crippen molar-refractivity contribution < 1.29 is 40.1 Å². The third kappa shape index (κ3) is 2.60. The lowest BCUT2D eigenvalue weighted by molar-refractivity contribution is -0.235. The van der Waals surface area contributed by atoms with E-state index in [0.717, 1.165) is 6.33 Å². The molecule has 0 radical (unpaired) electrons. The summed E-state index contributed by atoms with van der Waals surface area (Å²) in [5.74, 6) is -0.366. The van der Waals surface area contributed by atoms with E-state index >= 15 is 0 Å². The van der Waals surface area contributed by atoms with Gasteiger partial charge in [0.05, 0.1) is 13.2 Å². The van der Waals surface area contributed by atoms with Crippen molar-refractivity contribution in [3.8, 4) is 0 Å². The highest BCUT2D eigenvalue weighted by atomic mass is 16.6. The SMILES string of the molecule is Nc1ncn([C@]2(C3O[C@H](CO)[C@@H](O)[C@@H]3O)O[C@H](CO)[C@@H](O)[C@H]2O)c(=O)n1. The average Bonchev–Trinajstić information content (AvgIpc) is 3.04. The van der Waals surface area contributed by atoms with Crippen LogP contribution in [0.1, 0.15) is 0 Å². The summed E-state index contributed by atoms with van der Waals surface area (Å²) < 4.78 is 11.6. The lowest BCUT2D eigenvalue weighted by Gasteiger charge is -2.39. The maximum Gasteiger partial charge on any atom is 0.354 e. The molecule has 0 saturated carbocycles. The van der Waals surface area contributed by atoms with Crippen molar-refractivity contribution in [1.82, 2.24) is 14.5 Å². The highest BCUT2D eigenvalue weighted by molar-refractivity contribution is 5.14. The lowest BCUT2D eigenvalue weighted by atomic mass is 9.92. The Morgan fingerprint density at radius 3 is 2.27 bits per heavy atom. The van der Waals surface area contributed by atoms with Gasteiger partial charge in [0.1, 0.15) is 49.1 Å². The second-order valence-electron chi connectivity index (χ2n) is 6.15. The van der Waals surface area contributed by atoms with E-state index in [1.165, 1.54) is 0 Å². The summed E-state index contributed by atoms with van der Waals surface area (Å²) in [4.78, 5) is 19.4. The summed E-state index contributed by atoms with van der Waals surface area (Å²) in [7, 11) is 0. The van der Waals surface area contributed by atoms with Crippen LogP contribution in [0.25, 0.3) is 0 Å². The van der Waals surface area contributed by atoms with Crippen molar-refractivity contribution in [2.45, 2.75) is 48.5 Å². The zero-order chi connectivity index (χ0) is 19.2. The summed E-state index contributed by atoms with van der Waals surface area (Å²) in [5.41, 5.74) is 2.02. The molecule has 3 rings (SSSR count). The molecule has 1 unspecified atom stereocenters. The number of hydrogen-bond acceptors (Lipinski definition) is 12. The van der Waals surface area contributed by atoms with Gasteiger partial charge in [-0.25, -0.2) is 14.3 Å². The van der Waals surface area contributed by atoms with Crippen molar-refractivity contribution in [3.05, 3.63) is 16.8 Å². The Morgan fingerprint density at radius 1 is 1.12 bits per heavy atom. The first-order chi connectivity index (χ1) is 12.3. The van der Waals surface area contributed by atoms with Gasteiger partial charge in [-0.05, 0) is 0 Å². The molecule has 2 aliphatic heterocycles. The third-order valence-electron chi connectivity index (χ3n) is 4.70. The molecule has 0 aromatic carbocycles. The number of nitrogen functional groups attached to an aromatic ring is 1. The molecular weight excluding hydrogens is 356 g/mol. The maximum absolute atomic E-state index is 12.3. The quantitative estimate of drug-likeness (QED) is 0.262. The first kappa shape index (κ1) is 19.1. The van der Waals surface area contributed by atoms with E-state index in [1.807, 2.05) is 0 Å². The van der Waals surface area contributed by atoms with Crippen LogP contribution in [0.4, 0.5) is 5.95 Å². The van der Waals surface area contributed by atoms with Crippen LogP contribution in [-0.4, -0.2) is 101 Å². The normalized spacial score (nSPS) is 43.1. The second kappa shape index (κ2) is 6.79. The molecule has 1 aromatic heterocycles. The molecule has 0 amide bonds. The van der Waals surface area contributed by atoms with Crippen LogP contribution in [0.5, 0.6) is 0 Å². The molecule has 2 saturated heterocycles. The van der Waals surface area contributed by atoms with E-state index in [9.17, 15) is 35.4 Å². The molecule has 0 aliphatic carbocycles. The van der Waals surface area contributed by atoms with Crippen molar-refractivity contribution in [2.24, 2.45) is 0 Å². The summed E-state index contributed by atoms with van der Waals surface area (Å²) in [5, 5.41) is 59.8. The van der Waals surface area contributed by atoms with E-state index < -0.39 is 67.4 Å². The first-order valence-corrected chi connectivity index (χ1v) is 7.76. The van der Waals surface area contributed by atoms with E-state index in [0.29, 0.717) is 4.57 Å². The Balaban J connectivity index is 2.17. The monoisotopic (exact) mass is 376 g/mol. The highest BCUT2D eigenvalue weighted by Crippen LogP contribution is 2.43. The van der Waals surface area contributed by atoms with Gasteiger partial charge >= 0.3 is 5.69 Å². The van der Waals surface area contributed by atoms with Crippen LogP contribution in [0.3, 0.4) is 0 Å². The fourth-order valence-electron chi connectivity index (χ4n) is 3.38. The third-order valence-corrected chi connectivity index (χ3v) is 4.70. The van der Waals surface area contributed by atoms with Crippen molar-refractivity contribution in [3.63, 3.8) is 0 Å². The Morgan fingerprint density at radius 2 is 1.77 bits per heavy atom. The second-order valence-corrected chi connectivity index (χ2v) is 6.15. The van der Waals surface area contributed by atoms with Gasteiger partial charge in [-0.1, -0.05) is 0 Å². The summed E-state index contributed by atoms with van der Waals surface area (Å²) >= 11 is 0. The van der Waals surface area contributed by atoms with E-state index in [2.05, 4.69) is 9.97 Å². The zero-order valence-corrected chi connectivity index (χ0v) is 13.4. The van der Waals surface area contributed by atoms with Gasteiger partial charge in [0.15, 0.2) is 0 Å². The minimum atomic E-state index is -2.29. The standard InChI is InChI=1S/C13H20N4O9/c14-11-15-3-17(12(24)16-11)13(9(23)7(21)5(2-19)26-13)10-8(22)6(20)4(1-18)25-10/h3-10,18-23H,1-2H2,(H2,14,16,24)/t4-,5-,6-,7-,8+,9-,10?,13+/m1/s1. The number of rotatable bonds is 4. The molecule has 8 N–H and O–H groups in total.